The van der Waals surface area contributed by atoms with Gasteiger partial charge in [-0.15, -0.1) is 0 Å². The van der Waals surface area contributed by atoms with Crippen molar-refractivity contribution in [1.82, 2.24) is 9.88 Å². The van der Waals surface area contributed by atoms with Crippen molar-refractivity contribution in [3.8, 4) is 0 Å². The summed E-state index contributed by atoms with van der Waals surface area (Å²) in [5.41, 5.74) is 7.21. The molecule has 1 amide bonds. The Labute approximate surface area is 110 Å². The van der Waals surface area contributed by atoms with E-state index in [4.69, 9.17) is 5.73 Å². The van der Waals surface area contributed by atoms with E-state index in [-0.39, 0.29) is 5.91 Å². The van der Waals surface area contributed by atoms with Crippen molar-refractivity contribution in [3.63, 3.8) is 0 Å². The first kappa shape index (κ1) is 12.8. The molecule has 2 rings (SSSR count). The minimum Gasteiger partial charge on any atom is -0.375 e. The molecule has 96 valence electrons. The number of nitrogen functional groups attached to an aromatic ring is 1. The zero-order valence-electron chi connectivity index (χ0n) is 10.6. The maximum Gasteiger partial charge on any atom is 0.253 e. The fraction of sp³-hybridized carbons (Fsp3) is 0.385. The lowest BCUT2D eigenvalue weighted by Crippen LogP contribution is -2.27. The summed E-state index contributed by atoms with van der Waals surface area (Å²) < 4.78 is 0.960. The second kappa shape index (κ2) is 5.35. The minimum atomic E-state index is 0.0531. The van der Waals surface area contributed by atoms with Crippen molar-refractivity contribution in [2.45, 2.75) is 19.8 Å². The lowest BCUT2D eigenvalue weighted by molar-refractivity contribution is 0.0793. The Kier molecular flexibility index (Phi) is 3.81. The van der Waals surface area contributed by atoms with E-state index in [2.05, 4.69) is 11.9 Å². The van der Waals surface area contributed by atoms with Crippen LogP contribution in [0.3, 0.4) is 0 Å². The van der Waals surface area contributed by atoms with Gasteiger partial charge in [-0.1, -0.05) is 24.7 Å². The number of anilines is 1. The van der Waals surface area contributed by atoms with Crippen LogP contribution in [0.5, 0.6) is 0 Å². The second-order valence-corrected chi connectivity index (χ2v) is 5.38. The van der Waals surface area contributed by atoms with Gasteiger partial charge in [0.25, 0.3) is 5.91 Å². The Hall–Kier alpha value is -1.62. The first-order valence-electron chi connectivity index (χ1n) is 6.03. The number of rotatable bonds is 4. The molecule has 0 saturated heterocycles. The van der Waals surface area contributed by atoms with E-state index in [9.17, 15) is 4.79 Å². The van der Waals surface area contributed by atoms with Gasteiger partial charge in [-0.3, -0.25) is 4.79 Å². The van der Waals surface area contributed by atoms with Crippen molar-refractivity contribution in [2.24, 2.45) is 0 Å². The molecule has 0 aliphatic heterocycles. The van der Waals surface area contributed by atoms with Crippen molar-refractivity contribution < 1.29 is 4.79 Å². The van der Waals surface area contributed by atoms with Gasteiger partial charge < -0.3 is 10.6 Å². The first-order chi connectivity index (χ1) is 8.61. The smallest absolute Gasteiger partial charge is 0.253 e. The molecule has 18 heavy (non-hydrogen) atoms. The van der Waals surface area contributed by atoms with Gasteiger partial charge in [-0.25, -0.2) is 4.98 Å². The summed E-state index contributed by atoms with van der Waals surface area (Å²) in [7, 11) is 1.84. The largest absolute Gasteiger partial charge is 0.375 e. The molecule has 2 aromatic rings. The Morgan fingerprint density at radius 2 is 2.28 bits per heavy atom. The quantitative estimate of drug-likeness (QED) is 0.922. The van der Waals surface area contributed by atoms with Crippen molar-refractivity contribution >= 4 is 32.6 Å². The molecule has 0 unspecified atom stereocenters. The fourth-order valence-electron chi connectivity index (χ4n) is 1.79. The highest BCUT2D eigenvalue weighted by Crippen LogP contribution is 2.24. The highest BCUT2D eigenvalue weighted by atomic mass is 32.1. The Bertz CT molecular complexity index is 564. The number of amides is 1. The summed E-state index contributed by atoms with van der Waals surface area (Å²) in [5, 5.41) is 0.536. The Morgan fingerprint density at radius 3 is 3.00 bits per heavy atom. The number of carbonyl (C=O) groups is 1. The lowest BCUT2D eigenvalue weighted by atomic mass is 10.2. The second-order valence-electron chi connectivity index (χ2n) is 4.31. The van der Waals surface area contributed by atoms with Crippen molar-refractivity contribution in [2.75, 3.05) is 19.3 Å². The zero-order chi connectivity index (χ0) is 13.1. The molecule has 1 aromatic heterocycles. The van der Waals surface area contributed by atoms with E-state index in [0.29, 0.717) is 10.7 Å². The van der Waals surface area contributed by atoms with Crippen LogP contribution < -0.4 is 5.73 Å². The van der Waals surface area contributed by atoms with E-state index in [0.717, 1.165) is 29.6 Å². The fourth-order valence-corrected chi connectivity index (χ4v) is 2.57. The third-order valence-electron chi connectivity index (χ3n) is 2.85. The molecule has 2 N–H and O–H groups in total. The van der Waals surface area contributed by atoms with Gasteiger partial charge in [-0.05, 0) is 24.6 Å². The number of thiazole rings is 1. The number of benzene rings is 1. The van der Waals surface area contributed by atoms with Crippen LogP contribution in [0.4, 0.5) is 5.13 Å². The van der Waals surface area contributed by atoms with Gasteiger partial charge >= 0.3 is 0 Å². The molecule has 1 aromatic carbocycles. The number of hydrogen-bond acceptors (Lipinski definition) is 4. The van der Waals surface area contributed by atoms with Crippen molar-refractivity contribution in [1.29, 1.82) is 0 Å². The maximum absolute atomic E-state index is 12.2. The summed E-state index contributed by atoms with van der Waals surface area (Å²) in [5.74, 6) is 0.0531. The van der Waals surface area contributed by atoms with E-state index >= 15 is 0 Å². The molecule has 0 radical (unpaired) electrons. The standard InChI is InChI=1S/C13H17N3OS/c1-3-4-7-16(2)12(17)9-5-6-10-11(8-9)18-13(14)15-10/h5-6,8H,3-4,7H2,1-2H3,(H2,14,15). The Balaban J connectivity index is 2.22. The summed E-state index contributed by atoms with van der Waals surface area (Å²) >= 11 is 1.41. The normalized spacial score (nSPS) is 10.8. The van der Waals surface area contributed by atoms with Crippen LogP contribution in [0.15, 0.2) is 18.2 Å². The highest BCUT2D eigenvalue weighted by Gasteiger charge is 2.12. The molecule has 0 aliphatic carbocycles. The average molecular weight is 263 g/mol. The summed E-state index contributed by atoms with van der Waals surface area (Å²) in [6.07, 6.45) is 2.11. The summed E-state index contributed by atoms with van der Waals surface area (Å²) in [6.45, 7) is 2.91. The molecule has 0 saturated carbocycles. The molecular formula is C13H17N3OS. The third kappa shape index (κ3) is 2.61. The number of hydrogen-bond donors (Lipinski definition) is 1. The number of aromatic nitrogens is 1. The topological polar surface area (TPSA) is 59.2 Å². The minimum absolute atomic E-state index is 0.0531. The predicted octanol–water partition coefficient (Wildman–Crippen LogP) is 2.75. The predicted molar refractivity (Wildman–Crippen MR) is 75.9 cm³/mol. The van der Waals surface area contributed by atoms with E-state index < -0.39 is 0 Å². The van der Waals surface area contributed by atoms with Crippen LogP contribution in [-0.4, -0.2) is 29.4 Å². The third-order valence-corrected chi connectivity index (χ3v) is 3.69. The molecule has 1 heterocycles. The molecule has 0 spiro atoms. The van der Waals surface area contributed by atoms with Crippen LogP contribution in [0, 0.1) is 0 Å². The lowest BCUT2D eigenvalue weighted by Gasteiger charge is -2.16. The highest BCUT2D eigenvalue weighted by molar-refractivity contribution is 7.22. The van der Waals surface area contributed by atoms with Gasteiger partial charge in [0.15, 0.2) is 5.13 Å². The van der Waals surface area contributed by atoms with Crippen LogP contribution in [0.2, 0.25) is 0 Å². The van der Waals surface area contributed by atoms with E-state index in [1.807, 2.05) is 25.2 Å². The average Bonchev–Trinajstić information content (AvgIpc) is 2.73. The molecular weight excluding hydrogens is 246 g/mol. The maximum atomic E-state index is 12.2. The van der Waals surface area contributed by atoms with Crippen LogP contribution in [0.1, 0.15) is 30.1 Å². The SMILES string of the molecule is CCCCN(C)C(=O)c1ccc2nc(N)sc2c1. The van der Waals surface area contributed by atoms with Gasteiger partial charge in [-0.2, -0.15) is 0 Å². The van der Waals surface area contributed by atoms with Gasteiger partial charge in [0.05, 0.1) is 10.2 Å². The molecule has 0 atom stereocenters. The molecule has 0 aliphatic rings. The van der Waals surface area contributed by atoms with E-state index in [1.165, 1.54) is 11.3 Å². The number of fused-ring (bicyclic) bond motifs is 1. The van der Waals surface area contributed by atoms with Gasteiger partial charge in [0.2, 0.25) is 0 Å². The molecule has 0 bridgehead atoms. The summed E-state index contributed by atoms with van der Waals surface area (Å²) in [6, 6.07) is 5.53. The van der Waals surface area contributed by atoms with Crippen molar-refractivity contribution in [3.05, 3.63) is 23.8 Å². The molecule has 0 fully saturated rings. The van der Waals surface area contributed by atoms with E-state index in [1.54, 1.807) is 4.90 Å². The molecule has 5 heteroatoms. The number of nitrogens with two attached hydrogens (primary N) is 1. The van der Waals surface area contributed by atoms with Crippen LogP contribution in [0.25, 0.3) is 10.2 Å². The number of unbranched alkanes of at least 4 members (excludes halogenated alkanes) is 1. The van der Waals surface area contributed by atoms with Gasteiger partial charge in [0, 0.05) is 19.2 Å². The zero-order valence-corrected chi connectivity index (χ0v) is 11.5. The van der Waals surface area contributed by atoms with Gasteiger partial charge in [0.1, 0.15) is 0 Å². The van der Waals surface area contributed by atoms with Crippen LogP contribution >= 0.6 is 11.3 Å². The number of nitrogens with zero attached hydrogens (tertiary/aromatic N) is 2. The van der Waals surface area contributed by atoms with Crippen LogP contribution in [-0.2, 0) is 0 Å². The number of carbonyl (C=O) groups excluding carboxylic acids is 1. The first-order valence-corrected chi connectivity index (χ1v) is 6.85. The monoisotopic (exact) mass is 263 g/mol. The molecule has 4 nitrogen and oxygen atoms in total. The Morgan fingerprint density at radius 1 is 1.50 bits per heavy atom. The summed E-state index contributed by atoms with van der Waals surface area (Å²) in [4.78, 5) is 18.1.